The number of urea groups is 1. The van der Waals surface area contributed by atoms with Gasteiger partial charge in [0.2, 0.25) is 0 Å². The molecule has 0 aliphatic carbocycles. The van der Waals surface area contributed by atoms with Crippen molar-refractivity contribution in [1.29, 1.82) is 0 Å². The molecule has 2 aromatic rings. The topological polar surface area (TPSA) is 66.5 Å². The monoisotopic (exact) mass is 284 g/mol. The van der Waals surface area contributed by atoms with E-state index in [9.17, 15) is 4.79 Å². The van der Waals surface area contributed by atoms with Gasteiger partial charge in [-0.25, -0.2) is 9.78 Å². The molecule has 0 fully saturated rings. The molecule has 0 saturated heterocycles. The van der Waals surface area contributed by atoms with Crippen LogP contribution in [0.3, 0.4) is 0 Å². The maximum Gasteiger partial charge on any atom is 0.326 e. The van der Waals surface area contributed by atoms with Crippen molar-refractivity contribution >= 4 is 23.2 Å². The molecule has 6 heteroatoms. The highest BCUT2D eigenvalue weighted by atomic mass is 16.5. The highest BCUT2D eigenvalue weighted by Gasteiger charge is 2.23. The number of ether oxygens (including phenoxy) is 1. The van der Waals surface area contributed by atoms with E-state index >= 15 is 0 Å². The second-order valence-corrected chi connectivity index (χ2v) is 4.58. The van der Waals surface area contributed by atoms with Crippen molar-refractivity contribution in [2.45, 2.75) is 0 Å². The Balaban J connectivity index is 1.84. The molecule has 0 saturated carbocycles. The Labute approximate surface area is 122 Å². The largest absolute Gasteiger partial charge is 0.495 e. The number of benzene rings is 1. The summed E-state index contributed by atoms with van der Waals surface area (Å²) in [7, 11) is 1.58. The lowest BCUT2D eigenvalue weighted by molar-refractivity contribution is 0.257. The zero-order valence-electron chi connectivity index (χ0n) is 11.7. The van der Waals surface area contributed by atoms with Crippen LogP contribution in [0, 0.1) is 0 Å². The summed E-state index contributed by atoms with van der Waals surface area (Å²) in [5, 5.41) is 6.05. The molecule has 21 heavy (non-hydrogen) atoms. The first-order valence-electron chi connectivity index (χ1n) is 6.70. The number of hydrogen-bond acceptors (Lipinski definition) is 4. The fourth-order valence-corrected chi connectivity index (χ4v) is 2.30. The van der Waals surface area contributed by atoms with Crippen LogP contribution in [-0.2, 0) is 0 Å². The second-order valence-electron chi connectivity index (χ2n) is 4.58. The average molecular weight is 284 g/mol. The van der Waals surface area contributed by atoms with Crippen LogP contribution in [0.25, 0.3) is 0 Å². The van der Waals surface area contributed by atoms with E-state index in [0.717, 1.165) is 11.5 Å². The number of fused-ring (bicyclic) bond motifs is 1. The number of pyridine rings is 1. The molecule has 1 aliphatic rings. The summed E-state index contributed by atoms with van der Waals surface area (Å²) in [6.45, 7) is 1.25. The first kappa shape index (κ1) is 13.2. The number of methoxy groups -OCH3 is 1. The van der Waals surface area contributed by atoms with Crippen LogP contribution in [-0.4, -0.2) is 31.2 Å². The SMILES string of the molecule is COc1ccccc1NC(=O)N1CCNc2ncccc21. The highest BCUT2D eigenvalue weighted by molar-refractivity contribution is 6.04. The number of carbonyl (C=O) groups excluding carboxylic acids is 1. The van der Waals surface area contributed by atoms with Gasteiger partial charge < -0.3 is 15.4 Å². The summed E-state index contributed by atoms with van der Waals surface area (Å²) in [6, 6.07) is 10.8. The summed E-state index contributed by atoms with van der Waals surface area (Å²) in [6.07, 6.45) is 1.70. The van der Waals surface area contributed by atoms with E-state index in [0.29, 0.717) is 24.5 Å². The van der Waals surface area contributed by atoms with Gasteiger partial charge in [0.1, 0.15) is 11.6 Å². The summed E-state index contributed by atoms with van der Waals surface area (Å²) < 4.78 is 5.25. The number of aromatic nitrogens is 1. The molecule has 3 rings (SSSR count). The van der Waals surface area contributed by atoms with Crippen LogP contribution in [0.15, 0.2) is 42.6 Å². The molecule has 2 heterocycles. The van der Waals surface area contributed by atoms with Gasteiger partial charge in [-0.2, -0.15) is 0 Å². The van der Waals surface area contributed by atoms with Gasteiger partial charge in [-0.1, -0.05) is 12.1 Å². The van der Waals surface area contributed by atoms with Gasteiger partial charge in [-0.3, -0.25) is 4.90 Å². The fraction of sp³-hybridized carbons (Fsp3) is 0.200. The second kappa shape index (κ2) is 5.70. The number of carbonyl (C=O) groups is 1. The van der Waals surface area contributed by atoms with Gasteiger partial charge in [0.15, 0.2) is 0 Å². The zero-order valence-corrected chi connectivity index (χ0v) is 11.7. The van der Waals surface area contributed by atoms with Crippen LogP contribution >= 0.6 is 0 Å². The first-order chi connectivity index (χ1) is 10.3. The molecule has 0 unspecified atom stereocenters. The van der Waals surface area contributed by atoms with Crippen molar-refractivity contribution in [3.8, 4) is 5.75 Å². The highest BCUT2D eigenvalue weighted by Crippen LogP contribution is 2.28. The average Bonchev–Trinajstić information content (AvgIpc) is 2.54. The Morgan fingerprint density at radius 1 is 1.33 bits per heavy atom. The van der Waals surface area contributed by atoms with Crippen LogP contribution in [0.5, 0.6) is 5.75 Å². The molecular weight excluding hydrogens is 268 g/mol. The number of anilines is 3. The third kappa shape index (κ3) is 2.60. The molecular formula is C15H16N4O2. The van der Waals surface area contributed by atoms with Gasteiger partial charge in [0.25, 0.3) is 0 Å². The zero-order chi connectivity index (χ0) is 14.7. The van der Waals surface area contributed by atoms with E-state index in [2.05, 4.69) is 15.6 Å². The number of amides is 2. The molecule has 0 radical (unpaired) electrons. The van der Waals surface area contributed by atoms with E-state index in [-0.39, 0.29) is 6.03 Å². The molecule has 1 aromatic carbocycles. The van der Waals surface area contributed by atoms with Crippen LogP contribution in [0.4, 0.5) is 22.0 Å². The Bertz CT molecular complexity index is 660. The molecule has 2 N–H and O–H groups in total. The number of nitrogens with one attached hydrogen (secondary N) is 2. The van der Waals surface area contributed by atoms with Crippen molar-refractivity contribution in [1.82, 2.24) is 4.98 Å². The summed E-state index contributed by atoms with van der Waals surface area (Å²) >= 11 is 0. The maximum atomic E-state index is 12.5. The van der Waals surface area contributed by atoms with Crippen LogP contribution < -0.4 is 20.3 Å². The van der Waals surface area contributed by atoms with Gasteiger partial charge in [-0.15, -0.1) is 0 Å². The quantitative estimate of drug-likeness (QED) is 0.889. The van der Waals surface area contributed by atoms with E-state index in [1.165, 1.54) is 0 Å². The van der Waals surface area contributed by atoms with Gasteiger partial charge in [0.05, 0.1) is 18.5 Å². The Morgan fingerprint density at radius 3 is 3.05 bits per heavy atom. The summed E-state index contributed by atoms with van der Waals surface area (Å²) in [5.74, 6) is 1.35. The van der Waals surface area contributed by atoms with Crippen LogP contribution in [0.2, 0.25) is 0 Å². The lowest BCUT2D eigenvalue weighted by Crippen LogP contribution is -2.41. The van der Waals surface area contributed by atoms with Gasteiger partial charge in [0, 0.05) is 19.3 Å². The van der Waals surface area contributed by atoms with E-state index in [1.54, 1.807) is 18.2 Å². The third-order valence-corrected chi connectivity index (χ3v) is 3.30. The third-order valence-electron chi connectivity index (χ3n) is 3.30. The number of nitrogens with zero attached hydrogens (tertiary/aromatic N) is 2. The predicted molar refractivity (Wildman–Crippen MR) is 82.1 cm³/mol. The van der Waals surface area contributed by atoms with Crippen molar-refractivity contribution in [2.24, 2.45) is 0 Å². The number of rotatable bonds is 2. The standard InChI is InChI=1S/C15H16N4O2/c1-21-13-7-3-2-5-11(13)18-15(20)19-10-9-17-14-12(19)6-4-8-16-14/h2-8H,9-10H2,1H3,(H,16,17)(H,18,20). The maximum absolute atomic E-state index is 12.5. The van der Waals surface area contributed by atoms with E-state index in [4.69, 9.17) is 4.74 Å². The lowest BCUT2D eigenvalue weighted by atomic mass is 10.2. The molecule has 6 nitrogen and oxygen atoms in total. The smallest absolute Gasteiger partial charge is 0.326 e. The van der Waals surface area contributed by atoms with Crippen molar-refractivity contribution in [3.63, 3.8) is 0 Å². The predicted octanol–water partition coefficient (Wildman–Crippen LogP) is 2.55. The Morgan fingerprint density at radius 2 is 2.19 bits per heavy atom. The number of hydrogen-bond donors (Lipinski definition) is 2. The minimum atomic E-state index is -0.199. The molecule has 1 aromatic heterocycles. The van der Waals surface area contributed by atoms with Crippen molar-refractivity contribution < 1.29 is 9.53 Å². The first-order valence-corrected chi connectivity index (χ1v) is 6.70. The Kier molecular flexibility index (Phi) is 3.59. The molecule has 0 bridgehead atoms. The minimum absolute atomic E-state index is 0.199. The van der Waals surface area contributed by atoms with Gasteiger partial charge >= 0.3 is 6.03 Å². The van der Waals surface area contributed by atoms with Gasteiger partial charge in [-0.05, 0) is 24.3 Å². The minimum Gasteiger partial charge on any atom is -0.495 e. The summed E-state index contributed by atoms with van der Waals surface area (Å²) in [4.78, 5) is 18.4. The van der Waals surface area contributed by atoms with E-state index in [1.807, 2.05) is 36.4 Å². The molecule has 0 atom stereocenters. The molecule has 2 amide bonds. The fourth-order valence-electron chi connectivity index (χ4n) is 2.30. The molecule has 1 aliphatic heterocycles. The van der Waals surface area contributed by atoms with Crippen molar-refractivity contribution in [3.05, 3.63) is 42.6 Å². The normalized spacial score (nSPS) is 13.1. The van der Waals surface area contributed by atoms with E-state index < -0.39 is 0 Å². The number of para-hydroxylation sites is 2. The van der Waals surface area contributed by atoms with Crippen molar-refractivity contribution in [2.75, 3.05) is 35.7 Å². The Hall–Kier alpha value is -2.76. The summed E-state index contributed by atoms with van der Waals surface area (Å²) in [5.41, 5.74) is 1.42. The lowest BCUT2D eigenvalue weighted by Gasteiger charge is -2.29. The molecule has 0 spiro atoms. The molecule has 108 valence electrons. The van der Waals surface area contributed by atoms with Crippen LogP contribution in [0.1, 0.15) is 0 Å².